The number of phenolic OH excluding ortho intramolecular Hbond substituents is 2. The lowest BCUT2D eigenvalue weighted by Gasteiger charge is -2.25. The molecule has 0 amide bonds. The summed E-state index contributed by atoms with van der Waals surface area (Å²) < 4.78 is 20.7. The highest BCUT2D eigenvalue weighted by Gasteiger charge is 2.37. The number of fused-ring (bicyclic) bond motifs is 2. The van der Waals surface area contributed by atoms with Crippen LogP contribution in [0.5, 0.6) is 11.5 Å². The van der Waals surface area contributed by atoms with E-state index < -0.39 is 11.6 Å². The average Bonchev–Trinajstić information content (AvgIpc) is 2.92. The van der Waals surface area contributed by atoms with Crippen LogP contribution in [0.4, 0.5) is 11.4 Å². The topological polar surface area (TPSA) is 148 Å². The molecule has 0 radical (unpaired) electrons. The molecule has 5 N–H and O–H groups in total. The molecule has 0 bridgehead atoms. The van der Waals surface area contributed by atoms with Gasteiger partial charge in [-0.25, -0.2) is 0 Å². The van der Waals surface area contributed by atoms with E-state index in [4.69, 9.17) is 18.9 Å². The molecule has 11 heteroatoms. The number of ether oxygens (including phenoxy) is 4. The van der Waals surface area contributed by atoms with Crippen molar-refractivity contribution in [3.63, 3.8) is 0 Å². The monoisotopic (exact) mass is 531 g/mol. The van der Waals surface area contributed by atoms with E-state index in [-0.39, 0.29) is 46.3 Å². The Morgan fingerprint density at radius 2 is 1.16 bits per heavy atom. The van der Waals surface area contributed by atoms with Crippen molar-refractivity contribution in [1.29, 1.82) is 0 Å². The van der Waals surface area contributed by atoms with Gasteiger partial charge >= 0.3 is 0 Å². The van der Waals surface area contributed by atoms with Crippen molar-refractivity contribution in [3.05, 3.63) is 46.5 Å². The summed E-state index contributed by atoms with van der Waals surface area (Å²) in [4.78, 5) is 27.2. The number of benzene rings is 2. The fourth-order valence-electron chi connectivity index (χ4n) is 4.42. The van der Waals surface area contributed by atoms with E-state index in [0.717, 1.165) is 19.3 Å². The Bertz CT molecular complexity index is 1030. The molecule has 208 valence electrons. The van der Waals surface area contributed by atoms with Crippen molar-refractivity contribution in [3.8, 4) is 11.5 Å². The summed E-state index contributed by atoms with van der Waals surface area (Å²) in [5.74, 6) is -1.78. The molecule has 2 aromatic rings. The van der Waals surface area contributed by atoms with Gasteiger partial charge in [0.2, 0.25) is 11.6 Å². The van der Waals surface area contributed by atoms with Crippen molar-refractivity contribution in [2.45, 2.75) is 31.8 Å². The van der Waals surface area contributed by atoms with Gasteiger partial charge in [0.1, 0.15) is 11.5 Å². The first-order valence-corrected chi connectivity index (χ1v) is 12.5. The zero-order chi connectivity index (χ0) is 27.7. The number of ketones is 2. The Balaban J connectivity index is 1.82. The van der Waals surface area contributed by atoms with Crippen LogP contribution in [0.3, 0.4) is 0 Å². The van der Waals surface area contributed by atoms with E-state index in [1.807, 2.05) is 0 Å². The quantitative estimate of drug-likeness (QED) is 0.106. The standard InChI is InChI=1S/C27H37N3O8/c1-35-20(36-2)7-5-6-12-29-16-8-9-17(30-14-13-28-15-21(37-3)38-4)23-22(16)26(33)24-18(31)10-11-19(32)25(24)27(23)34/h8-11,20-21,28-32H,5-7,12-15H2,1-4H3. The molecule has 0 spiro atoms. The number of aromatic hydroxyl groups is 2. The molecule has 0 saturated heterocycles. The third-order valence-electron chi connectivity index (χ3n) is 6.44. The van der Waals surface area contributed by atoms with Crippen molar-refractivity contribution < 1.29 is 38.7 Å². The molecular weight excluding hydrogens is 494 g/mol. The highest BCUT2D eigenvalue weighted by atomic mass is 16.7. The second-order valence-corrected chi connectivity index (χ2v) is 8.78. The van der Waals surface area contributed by atoms with Gasteiger partial charge in [-0.3, -0.25) is 9.59 Å². The van der Waals surface area contributed by atoms with Gasteiger partial charge in [-0.2, -0.15) is 0 Å². The molecule has 0 atom stereocenters. The first-order chi connectivity index (χ1) is 18.4. The van der Waals surface area contributed by atoms with Crippen LogP contribution in [0.15, 0.2) is 24.3 Å². The van der Waals surface area contributed by atoms with Gasteiger partial charge in [0, 0.05) is 66.0 Å². The number of nitrogens with one attached hydrogen (secondary N) is 3. The molecule has 2 aromatic carbocycles. The Labute approximate surface area is 222 Å². The fourth-order valence-corrected chi connectivity index (χ4v) is 4.42. The van der Waals surface area contributed by atoms with Crippen LogP contribution in [0.2, 0.25) is 0 Å². The van der Waals surface area contributed by atoms with Crippen LogP contribution in [0.1, 0.15) is 51.1 Å². The zero-order valence-corrected chi connectivity index (χ0v) is 22.3. The zero-order valence-electron chi connectivity index (χ0n) is 22.3. The number of carbonyl (C=O) groups excluding carboxylic acids is 2. The lowest BCUT2D eigenvalue weighted by molar-refractivity contribution is -0.107. The summed E-state index contributed by atoms with van der Waals surface area (Å²) in [5, 5.41) is 30.5. The molecular formula is C27H37N3O8. The van der Waals surface area contributed by atoms with Gasteiger partial charge in [-0.1, -0.05) is 0 Å². The molecule has 0 unspecified atom stereocenters. The summed E-state index contributed by atoms with van der Waals surface area (Å²) >= 11 is 0. The molecule has 38 heavy (non-hydrogen) atoms. The third-order valence-corrected chi connectivity index (χ3v) is 6.44. The van der Waals surface area contributed by atoms with E-state index in [0.29, 0.717) is 37.6 Å². The molecule has 11 nitrogen and oxygen atoms in total. The third kappa shape index (κ3) is 6.61. The van der Waals surface area contributed by atoms with Gasteiger partial charge in [0.25, 0.3) is 0 Å². The van der Waals surface area contributed by atoms with E-state index in [1.165, 1.54) is 12.1 Å². The second kappa shape index (κ2) is 14.1. The summed E-state index contributed by atoms with van der Waals surface area (Å²) in [6.45, 7) is 2.00. The lowest BCUT2D eigenvalue weighted by Crippen LogP contribution is -2.33. The van der Waals surface area contributed by atoms with Gasteiger partial charge in [-0.15, -0.1) is 0 Å². The molecule has 0 fully saturated rings. The summed E-state index contributed by atoms with van der Waals surface area (Å²) in [7, 11) is 6.29. The minimum atomic E-state index is -0.538. The maximum absolute atomic E-state index is 13.6. The van der Waals surface area contributed by atoms with Crippen molar-refractivity contribution in [1.82, 2.24) is 5.32 Å². The molecule has 0 heterocycles. The van der Waals surface area contributed by atoms with Crippen molar-refractivity contribution in [2.24, 2.45) is 0 Å². The Hall–Kier alpha value is -3.22. The largest absolute Gasteiger partial charge is 0.507 e. The van der Waals surface area contributed by atoms with Gasteiger partial charge in [-0.05, 0) is 43.5 Å². The first-order valence-electron chi connectivity index (χ1n) is 12.5. The number of phenols is 2. The fraction of sp³-hybridized carbons (Fsp3) is 0.481. The summed E-state index contributed by atoms with van der Waals surface area (Å²) in [5.41, 5.74) is 0.850. The smallest absolute Gasteiger partial charge is 0.200 e. The first kappa shape index (κ1) is 29.3. The molecule has 0 aromatic heterocycles. The van der Waals surface area contributed by atoms with E-state index in [9.17, 15) is 19.8 Å². The van der Waals surface area contributed by atoms with Crippen LogP contribution in [0.25, 0.3) is 0 Å². The molecule has 1 aliphatic carbocycles. The van der Waals surface area contributed by atoms with Crippen LogP contribution < -0.4 is 16.0 Å². The van der Waals surface area contributed by atoms with Crippen LogP contribution >= 0.6 is 0 Å². The van der Waals surface area contributed by atoms with Gasteiger partial charge in [0.05, 0.1) is 22.3 Å². The number of carbonyl (C=O) groups is 2. The van der Waals surface area contributed by atoms with Crippen molar-refractivity contribution in [2.75, 3.05) is 65.3 Å². The minimum absolute atomic E-state index is 0.152. The van der Waals surface area contributed by atoms with Crippen molar-refractivity contribution >= 4 is 22.9 Å². The Morgan fingerprint density at radius 3 is 1.66 bits per heavy atom. The number of hydrogen-bond acceptors (Lipinski definition) is 11. The number of unbranched alkanes of at least 4 members (excludes halogenated alkanes) is 1. The number of hydrogen-bond donors (Lipinski definition) is 5. The average molecular weight is 532 g/mol. The van der Waals surface area contributed by atoms with Crippen LogP contribution in [0, 0.1) is 0 Å². The number of anilines is 2. The highest BCUT2D eigenvalue weighted by Crippen LogP contribution is 2.42. The van der Waals surface area contributed by atoms with Gasteiger partial charge in [0.15, 0.2) is 12.6 Å². The predicted octanol–water partition coefficient (Wildman–Crippen LogP) is 2.69. The van der Waals surface area contributed by atoms with E-state index >= 15 is 0 Å². The second-order valence-electron chi connectivity index (χ2n) is 8.78. The SMILES string of the molecule is COC(CCCCNc1ccc(NCCNCC(OC)OC)c2c1C(=O)c1c(O)ccc(O)c1C2=O)OC. The maximum Gasteiger partial charge on any atom is 0.200 e. The van der Waals surface area contributed by atoms with Crippen LogP contribution in [-0.4, -0.2) is 89.0 Å². The number of rotatable bonds is 16. The molecule has 3 rings (SSSR count). The van der Waals surface area contributed by atoms with Crippen LogP contribution in [-0.2, 0) is 18.9 Å². The minimum Gasteiger partial charge on any atom is -0.507 e. The number of methoxy groups -OCH3 is 4. The normalized spacial score (nSPS) is 12.7. The Morgan fingerprint density at radius 1 is 0.658 bits per heavy atom. The van der Waals surface area contributed by atoms with E-state index in [2.05, 4.69) is 16.0 Å². The summed E-state index contributed by atoms with van der Waals surface area (Å²) in [6.07, 6.45) is 1.67. The van der Waals surface area contributed by atoms with E-state index in [1.54, 1.807) is 40.6 Å². The highest BCUT2D eigenvalue weighted by molar-refractivity contribution is 6.33. The Kier molecular flexibility index (Phi) is 10.9. The lowest BCUT2D eigenvalue weighted by atomic mass is 9.81. The molecule has 0 saturated carbocycles. The molecule has 0 aliphatic heterocycles. The predicted molar refractivity (Wildman–Crippen MR) is 142 cm³/mol. The molecule has 1 aliphatic rings. The maximum atomic E-state index is 13.6. The summed E-state index contributed by atoms with van der Waals surface area (Å²) in [6, 6.07) is 5.89. The van der Waals surface area contributed by atoms with Gasteiger partial charge < -0.3 is 45.1 Å².